The highest BCUT2D eigenvalue weighted by molar-refractivity contribution is 6.02. The number of non-ortho nitro benzene ring substituents is 1. The molecule has 0 radical (unpaired) electrons. The second-order valence-corrected chi connectivity index (χ2v) is 6.54. The Morgan fingerprint density at radius 2 is 1.84 bits per heavy atom. The minimum absolute atomic E-state index is 0.124. The van der Waals surface area contributed by atoms with Crippen molar-refractivity contribution in [3.05, 3.63) is 82.9 Å². The predicted molar refractivity (Wildman–Crippen MR) is 117 cm³/mol. The summed E-state index contributed by atoms with van der Waals surface area (Å²) in [4.78, 5) is 24.2. The van der Waals surface area contributed by atoms with E-state index in [0.29, 0.717) is 28.5 Å². The summed E-state index contributed by atoms with van der Waals surface area (Å²) in [7, 11) is 1.57. The fourth-order valence-corrected chi connectivity index (χ4v) is 2.94. The highest BCUT2D eigenvalue weighted by atomic mass is 16.6. The minimum Gasteiger partial charge on any atom is -0.497 e. The number of carbonyl (C=O) groups is 1. The number of methoxy groups -OCH3 is 1. The van der Waals surface area contributed by atoms with Gasteiger partial charge in [-0.05, 0) is 35.5 Å². The van der Waals surface area contributed by atoms with E-state index in [2.05, 4.69) is 26.0 Å². The van der Waals surface area contributed by atoms with Crippen LogP contribution in [-0.2, 0) is 0 Å². The molecule has 11 heteroatoms. The van der Waals surface area contributed by atoms with Gasteiger partial charge in [0.25, 0.3) is 5.69 Å². The van der Waals surface area contributed by atoms with Gasteiger partial charge in [-0.25, -0.2) is 4.79 Å². The molecule has 4 rings (SSSR count). The molecule has 0 atom stereocenters. The Kier molecular flexibility index (Phi) is 5.70. The molecule has 3 aromatic carbocycles. The third kappa shape index (κ3) is 4.51. The fraction of sp³-hybridized carbons (Fsp3) is 0.0476. The number of tetrazole rings is 1. The number of anilines is 2. The van der Waals surface area contributed by atoms with Crippen LogP contribution >= 0.6 is 0 Å². The Labute approximate surface area is 181 Å². The van der Waals surface area contributed by atoms with Gasteiger partial charge in [0.15, 0.2) is 0 Å². The van der Waals surface area contributed by atoms with Gasteiger partial charge in [0.05, 0.1) is 23.4 Å². The number of nitro benzene ring substituents is 1. The Bertz CT molecular complexity index is 1290. The molecule has 0 saturated carbocycles. The van der Waals surface area contributed by atoms with Gasteiger partial charge in [-0.2, -0.15) is 0 Å². The lowest BCUT2D eigenvalue weighted by Gasteiger charge is -2.10. The highest BCUT2D eigenvalue weighted by Crippen LogP contribution is 2.25. The molecule has 0 aliphatic carbocycles. The third-order valence-corrected chi connectivity index (χ3v) is 4.43. The Balaban J connectivity index is 1.55. The summed E-state index contributed by atoms with van der Waals surface area (Å²) in [6, 6.07) is 19.2. The summed E-state index contributed by atoms with van der Waals surface area (Å²) in [5.41, 5.74) is 1.83. The van der Waals surface area contributed by atoms with Crippen molar-refractivity contribution in [2.75, 3.05) is 17.7 Å². The summed E-state index contributed by atoms with van der Waals surface area (Å²) in [6.45, 7) is 0. The van der Waals surface area contributed by atoms with Crippen LogP contribution in [0.4, 0.5) is 21.9 Å². The molecule has 0 aliphatic rings. The first kappa shape index (κ1) is 20.5. The standard InChI is InChI=1S/C21H17N7O4/c1-32-17-9-5-7-15(13-17)27-25-20(24-26-27)18-10-2-3-11-19(18)23-21(29)22-14-6-4-8-16(12-14)28(30)31/h2-13H,1H3,(H2,22,23,29). The predicted octanol–water partition coefficient (Wildman–Crippen LogP) is 3.89. The van der Waals surface area contributed by atoms with E-state index in [0.717, 1.165) is 0 Å². The summed E-state index contributed by atoms with van der Waals surface area (Å²) >= 11 is 0. The molecule has 0 aliphatic heterocycles. The van der Waals surface area contributed by atoms with E-state index >= 15 is 0 Å². The number of urea groups is 1. The van der Waals surface area contributed by atoms with Crippen LogP contribution in [-0.4, -0.2) is 38.3 Å². The average Bonchev–Trinajstić information content (AvgIpc) is 3.30. The molecule has 0 unspecified atom stereocenters. The van der Waals surface area contributed by atoms with Crippen LogP contribution in [0.3, 0.4) is 0 Å². The maximum Gasteiger partial charge on any atom is 0.323 e. The first-order chi connectivity index (χ1) is 15.5. The Hall–Kier alpha value is -4.80. The quantitative estimate of drug-likeness (QED) is 0.349. The SMILES string of the molecule is COc1cccc(-n2nnc(-c3ccccc3NC(=O)Nc3cccc([N+](=O)[O-])c3)n2)c1. The Morgan fingerprint density at radius 3 is 2.66 bits per heavy atom. The summed E-state index contributed by atoms with van der Waals surface area (Å²) in [6.07, 6.45) is 0. The van der Waals surface area contributed by atoms with Crippen molar-refractivity contribution in [2.45, 2.75) is 0 Å². The van der Waals surface area contributed by atoms with E-state index in [-0.39, 0.29) is 11.4 Å². The zero-order valence-electron chi connectivity index (χ0n) is 16.8. The Morgan fingerprint density at radius 1 is 1.03 bits per heavy atom. The van der Waals surface area contributed by atoms with Crippen LogP contribution < -0.4 is 15.4 Å². The molecular weight excluding hydrogens is 414 g/mol. The first-order valence-electron chi connectivity index (χ1n) is 9.40. The summed E-state index contributed by atoms with van der Waals surface area (Å²) in [5.74, 6) is 0.959. The molecule has 1 aromatic heterocycles. The maximum absolute atomic E-state index is 12.5. The number of nitro groups is 1. The van der Waals surface area contributed by atoms with Crippen LogP contribution in [0.5, 0.6) is 5.75 Å². The van der Waals surface area contributed by atoms with Crippen molar-refractivity contribution in [1.82, 2.24) is 20.2 Å². The number of nitrogens with zero attached hydrogens (tertiary/aromatic N) is 5. The number of para-hydroxylation sites is 1. The molecule has 0 spiro atoms. The van der Waals surface area contributed by atoms with Crippen LogP contribution in [0.15, 0.2) is 72.8 Å². The number of rotatable bonds is 6. The number of nitrogens with one attached hydrogen (secondary N) is 2. The fourth-order valence-electron chi connectivity index (χ4n) is 2.94. The molecule has 160 valence electrons. The van der Waals surface area contributed by atoms with E-state index in [4.69, 9.17) is 4.74 Å². The molecule has 0 fully saturated rings. The number of aromatic nitrogens is 4. The van der Waals surface area contributed by atoms with E-state index < -0.39 is 11.0 Å². The number of hydrogen-bond donors (Lipinski definition) is 2. The summed E-state index contributed by atoms with van der Waals surface area (Å²) < 4.78 is 5.22. The van der Waals surface area contributed by atoms with E-state index in [9.17, 15) is 14.9 Å². The monoisotopic (exact) mass is 431 g/mol. The molecule has 2 N–H and O–H groups in total. The largest absolute Gasteiger partial charge is 0.497 e. The van der Waals surface area contributed by atoms with Gasteiger partial charge in [0.2, 0.25) is 5.82 Å². The van der Waals surface area contributed by atoms with Gasteiger partial charge in [0.1, 0.15) is 5.75 Å². The second kappa shape index (κ2) is 8.92. The van der Waals surface area contributed by atoms with Crippen molar-refractivity contribution in [1.29, 1.82) is 0 Å². The second-order valence-electron chi connectivity index (χ2n) is 6.54. The molecule has 4 aromatic rings. The molecular formula is C21H17N7O4. The van der Waals surface area contributed by atoms with Gasteiger partial charge >= 0.3 is 6.03 Å². The van der Waals surface area contributed by atoms with E-state index in [1.165, 1.54) is 23.0 Å². The first-order valence-corrected chi connectivity index (χ1v) is 9.40. The topological polar surface area (TPSA) is 137 Å². The smallest absolute Gasteiger partial charge is 0.323 e. The van der Waals surface area contributed by atoms with Crippen molar-refractivity contribution >= 4 is 23.1 Å². The van der Waals surface area contributed by atoms with Gasteiger partial charge in [0, 0.05) is 29.4 Å². The molecule has 0 saturated heterocycles. The van der Waals surface area contributed by atoms with Crippen molar-refractivity contribution in [3.63, 3.8) is 0 Å². The molecule has 2 amide bonds. The van der Waals surface area contributed by atoms with Crippen LogP contribution in [0.1, 0.15) is 0 Å². The lowest BCUT2D eigenvalue weighted by molar-refractivity contribution is -0.384. The maximum atomic E-state index is 12.5. The third-order valence-electron chi connectivity index (χ3n) is 4.43. The average molecular weight is 431 g/mol. The molecule has 32 heavy (non-hydrogen) atoms. The number of benzene rings is 3. The van der Waals surface area contributed by atoms with Crippen LogP contribution in [0, 0.1) is 10.1 Å². The number of ether oxygens (including phenoxy) is 1. The van der Waals surface area contributed by atoms with Crippen molar-refractivity contribution < 1.29 is 14.5 Å². The zero-order valence-corrected chi connectivity index (χ0v) is 16.8. The van der Waals surface area contributed by atoms with Gasteiger partial charge in [-0.15, -0.1) is 15.0 Å². The van der Waals surface area contributed by atoms with Crippen molar-refractivity contribution in [3.8, 4) is 22.8 Å². The highest BCUT2D eigenvalue weighted by Gasteiger charge is 2.14. The summed E-state index contributed by atoms with van der Waals surface area (Å²) in [5, 5.41) is 28.8. The number of carbonyl (C=O) groups excluding carboxylic acids is 1. The molecule has 1 heterocycles. The van der Waals surface area contributed by atoms with Crippen LogP contribution in [0.2, 0.25) is 0 Å². The van der Waals surface area contributed by atoms with Crippen molar-refractivity contribution in [2.24, 2.45) is 0 Å². The minimum atomic E-state index is -0.571. The van der Waals surface area contributed by atoms with Gasteiger partial charge in [-0.1, -0.05) is 24.3 Å². The van der Waals surface area contributed by atoms with Crippen LogP contribution in [0.25, 0.3) is 17.1 Å². The van der Waals surface area contributed by atoms with E-state index in [1.54, 1.807) is 49.6 Å². The zero-order chi connectivity index (χ0) is 22.5. The molecule has 0 bridgehead atoms. The lowest BCUT2D eigenvalue weighted by Crippen LogP contribution is -2.20. The van der Waals surface area contributed by atoms with Gasteiger partial charge in [-0.3, -0.25) is 10.1 Å². The normalized spacial score (nSPS) is 10.4. The molecule has 11 nitrogen and oxygen atoms in total. The lowest BCUT2D eigenvalue weighted by atomic mass is 10.1. The van der Waals surface area contributed by atoms with Gasteiger partial charge < -0.3 is 15.4 Å². The number of amides is 2. The number of hydrogen-bond acceptors (Lipinski definition) is 7. The van der Waals surface area contributed by atoms with E-state index in [1.807, 2.05) is 12.1 Å².